The smallest absolute Gasteiger partial charge is 0.330 e. The molecule has 1 amide bonds. The molecule has 0 saturated carbocycles. The number of Topliss-reactive ketones (excluding diaryl/α,β-unsaturated/α-hetero) is 1. The first-order valence-corrected chi connectivity index (χ1v) is 9.29. The summed E-state index contributed by atoms with van der Waals surface area (Å²) in [7, 11) is 0. The molecule has 8 heteroatoms. The average molecular weight is 394 g/mol. The predicted molar refractivity (Wildman–Crippen MR) is 97.0 cm³/mol. The van der Waals surface area contributed by atoms with Gasteiger partial charge in [-0.05, 0) is 36.4 Å². The number of ether oxygens (including phenoxy) is 1. The number of rotatable bonds is 5. The Morgan fingerprint density at radius 3 is 2.62 bits per heavy atom. The number of hydrogen-bond acceptors (Lipinski definition) is 6. The highest BCUT2D eigenvalue weighted by atomic mass is 35.5. The minimum absolute atomic E-state index is 0.262. The summed E-state index contributed by atoms with van der Waals surface area (Å²) in [5.74, 6) is -0.236. The van der Waals surface area contributed by atoms with Crippen LogP contribution in [-0.4, -0.2) is 41.0 Å². The lowest BCUT2D eigenvalue weighted by atomic mass is 10.1. The number of ketones is 1. The van der Waals surface area contributed by atoms with Gasteiger partial charge in [0.1, 0.15) is 17.2 Å². The van der Waals surface area contributed by atoms with Crippen LogP contribution in [0.4, 0.5) is 0 Å². The fraction of sp³-hybridized carbons (Fsp3) is 0.278. The topological polar surface area (TPSA) is 76.8 Å². The number of nitrogens with zero attached hydrogens (tertiary/aromatic N) is 1. The third-order valence-electron chi connectivity index (χ3n) is 3.93. The number of carbonyl (C=O) groups excluding carboxylic acids is 3. The number of halogens is 1. The SMILES string of the molecule is CC(=O)N1[C@@H](c2ccco2)SC[C@H]1C(=O)OCC(=O)c1ccc(Cl)cc1. The van der Waals surface area contributed by atoms with Crippen LogP contribution in [0.15, 0.2) is 47.1 Å². The molecule has 6 nitrogen and oxygen atoms in total. The van der Waals surface area contributed by atoms with Crippen molar-refractivity contribution in [3.8, 4) is 0 Å². The van der Waals surface area contributed by atoms with Gasteiger partial charge in [-0.2, -0.15) is 0 Å². The van der Waals surface area contributed by atoms with Gasteiger partial charge in [-0.3, -0.25) is 9.59 Å². The third kappa shape index (κ3) is 3.94. The van der Waals surface area contributed by atoms with Crippen molar-refractivity contribution in [3.63, 3.8) is 0 Å². The second-order valence-electron chi connectivity index (χ2n) is 5.68. The number of thioether (sulfide) groups is 1. The van der Waals surface area contributed by atoms with Gasteiger partial charge in [0.2, 0.25) is 5.91 Å². The van der Waals surface area contributed by atoms with E-state index >= 15 is 0 Å². The maximum absolute atomic E-state index is 12.4. The maximum Gasteiger partial charge on any atom is 0.330 e. The van der Waals surface area contributed by atoms with E-state index in [0.29, 0.717) is 22.1 Å². The number of hydrogen-bond donors (Lipinski definition) is 0. The lowest BCUT2D eigenvalue weighted by Gasteiger charge is -2.25. The Morgan fingerprint density at radius 2 is 2.00 bits per heavy atom. The van der Waals surface area contributed by atoms with Crippen molar-refractivity contribution in [1.82, 2.24) is 4.90 Å². The van der Waals surface area contributed by atoms with Crippen molar-refractivity contribution in [2.24, 2.45) is 0 Å². The highest BCUT2D eigenvalue weighted by Crippen LogP contribution is 2.41. The van der Waals surface area contributed by atoms with E-state index in [1.54, 1.807) is 36.4 Å². The molecule has 1 fully saturated rings. The van der Waals surface area contributed by atoms with E-state index in [-0.39, 0.29) is 17.1 Å². The molecule has 0 spiro atoms. The van der Waals surface area contributed by atoms with E-state index in [4.69, 9.17) is 20.8 Å². The van der Waals surface area contributed by atoms with Crippen LogP contribution in [0.2, 0.25) is 5.02 Å². The van der Waals surface area contributed by atoms with Gasteiger partial charge in [-0.1, -0.05) is 11.6 Å². The lowest BCUT2D eigenvalue weighted by Crippen LogP contribution is -2.43. The molecule has 1 aromatic heterocycles. The third-order valence-corrected chi connectivity index (χ3v) is 5.47. The van der Waals surface area contributed by atoms with Gasteiger partial charge in [0.15, 0.2) is 12.4 Å². The number of furan rings is 1. The molecule has 0 aliphatic carbocycles. The molecule has 0 bridgehead atoms. The zero-order valence-corrected chi connectivity index (χ0v) is 15.5. The van der Waals surface area contributed by atoms with Crippen LogP contribution < -0.4 is 0 Å². The Kier molecular flexibility index (Phi) is 5.68. The molecule has 1 aliphatic rings. The Hall–Kier alpha value is -2.25. The standard InChI is InChI=1S/C18H16ClNO5S/c1-11(21)20-14(10-26-17(20)16-3-2-8-24-16)18(23)25-9-15(22)12-4-6-13(19)7-5-12/h2-8,14,17H,9-10H2,1H3/t14-,17+/m0/s1. The zero-order chi connectivity index (χ0) is 18.7. The molecule has 1 aliphatic heterocycles. The number of benzene rings is 1. The Labute approximate surface area is 159 Å². The van der Waals surface area contributed by atoms with Gasteiger partial charge in [-0.15, -0.1) is 11.8 Å². The Bertz CT molecular complexity index is 805. The van der Waals surface area contributed by atoms with Crippen molar-refractivity contribution in [2.75, 3.05) is 12.4 Å². The van der Waals surface area contributed by atoms with E-state index in [0.717, 1.165) is 0 Å². The van der Waals surface area contributed by atoms with Crippen LogP contribution in [0, 0.1) is 0 Å². The van der Waals surface area contributed by atoms with Crippen LogP contribution in [0.5, 0.6) is 0 Å². The van der Waals surface area contributed by atoms with Gasteiger partial charge in [0, 0.05) is 23.3 Å². The molecule has 2 heterocycles. The van der Waals surface area contributed by atoms with E-state index < -0.39 is 18.6 Å². The van der Waals surface area contributed by atoms with E-state index in [2.05, 4.69) is 0 Å². The largest absolute Gasteiger partial charge is 0.466 e. The molecule has 1 saturated heterocycles. The molecule has 136 valence electrons. The summed E-state index contributed by atoms with van der Waals surface area (Å²) < 4.78 is 10.5. The summed E-state index contributed by atoms with van der Waals surface area (Å²) in [5, 5.41) is 0.134. The van der Waals surface area contributed by atoms with E-state index in [9.17, 15) is 14.4 Å². The molecule has 26 heavy (non-hydrogen) atoms. The van der Waals surface area contributed by atoms with Crippen molar-refractivity contribution in [3.05, 3.63) is 59.0 Å². The summed E-state index contributed by atoms with van der Waals surface area (Å²) >= 11 is 7.20. The number of amides is 1. The van der Waals surface area contributed by atoms with Gasteiger partial charge < -0.3 is 14.1 Å². The van der Waals surface area contributed by atoms with E-state index in [1.807, 2.05) is 0 Å². The summed E-state index contributed by atoms with van der Waals surface area (Å²) in [4.78, 5) is 38.0. The minimum Gasteiger partial charge on any atom is -0.466 e. The van der Waals surface area contributed by atoms with Crippen molar-refractivity contribution >= 4 is 41.0 Å². The molecule has 0 radical (unpaired) electrons. The second kappa shape index (κ2) is 7.97. The Balaban J connectivity index is 1.64. The normalized spacial score (nSPS) is 19.4. The summed E-state index contributed by atoms with van der Waals surface area (Å²) in [5.41, 5.74) is 0.403. The lowest BCUT2D eigenvalue weighted by molar-refractivity contribution is -0.152. The first kappa shape index (κ1) is 18.5. The van der Waals surface area contributed by atoms with Crippen LogP contribution in [-0.2, 0) is 14.3 Å². The molecule has 2 aromatic rings. The summed E-state index contributed by atoms with van der Waals surface area (Å²) in [6, 6.07) is 9.05. The fourth-order valence-electron chi connectivity index (χ4n) is 2.68. The molecule has 3 rings (SSSR count). The molecule has 2 atom stereocenters. The second-order valence-corrected chi connectivity index (χ2v) is 7.23. The van der Waals surface area contributed by atoms with Gasteiger partial charge in [0.05, 0.1) is 6.26 Å². The van der Waals surface area contributed by atoms with Gasteiger partial charge >= 0.3 is 5.97 Å². The summed E-state index contributed by atoms with van der Waals surface area (Å²) in [6.07, 6.45) is 1.52. The number of carbonyl (C=O) groups is 3. The van der Waals surface area contributed by atoms with Crippen LogP contribution in [0.3, 0.4) is 0 Å². The van der Waals surface area contributed by atoms with Gasteiger partial charge in [0.25, 0.3) is 0 Å². The van der Waals surface area contributed by atoms with Crippen molar-refractivity contribution in [1.29, 1.82) is 0 Å². The van der Waals surface area contributed by atoms with Crippen LogP contribution in [0.1, 0.15) is 28.4 Å². The fourth-order valence-corrected chi connectivity index (χ4v) is 4.22. The van der Waals surface area contributed by atoms with Crippen LogP contribution in [0.25, 0.3) is 0 Å². The predicted octanol–water partition coefficient (Wildman–Crippen LogP) is 3.32. The highest BCUT2D eigenvalue weighted by Gasteiger charge is 2.43. The molecular weight excluding hydrogens is 378 g/mol. The summed E-state index contributed by atoms with van der Waals surface area (Å²) in [6.45, 7) is 1.000. The number of esters is 1. The Morgan fingerprint density at radius 1 is 1.27 bits per heavy atom. The molecule has 0 N–H and O–H groups in total. The quantitative estimate of drug-likeness (QED) is 0.573. The van der Waals surface area contributed by atoms with Crippen molar-refractivity contribution in [2.45, 2.75) is 18.3 Å². The molecular formula is C18H16ClNO5S. The monoisotopic (exact) mass is 393 g/mol. The molecule has 0 unspecified atom stereocenters. The van der Waals surface area contributed by atoms with Gasteiger partial charge in [-0.25, -0.2) is 4.79 Å². The van der Waals surface area contributed by atoms with E-state index in [1.165, 1.54) is 29.8 Å². The first-order chi connectivity index (χ1) is 12.5. The average Bonchev–Trinajstić information content (AvgIpc) is 3.28. The first-order valence-electron chi connectivity index (χ1n) is 7.86. The maximum atomic E-state index is 12.4. The van der Waals surface area contributed by atoms with Crippen molar-refractivity contribution < 1.29 is 23.5 Å². The van der Waals surface area contributed by atoms with Crippen LogP contribution >= 0.6 is 23.4 Å². The highest BCUT2D eigenvalue weighted by molar-refractivity contribution is 7.99. The molecule has 1 aromatic carbocycles. The zero-order valence-electron chi connectivity index (χ0n) is 13.9. The minimum atomic E-state index is -0.759.